The highest BCUT2D eigenvalue weighted by atomic mass is 35.5. The smallest absolute Gasteiger partial charge is 0.424 e. The molecule has 0 saturated heterocycles. The van der Waals surface area contributed by atoms with Crippen molar-refractivity contribution in [3.63, 3.8) is 0 Å². The van der Waals surface area contributed by atoms with Gasteiger partial charge in [0.1, 0.15) is 17.5 Å². The minimum absolute atomic E-state index is 0.0155. The monoisotopic (exact) mass is 270 g/mol. The van der Waals surface area contributed by atoms with Crippen LogP contribution in [0.4, 0.5) is 15.3 Å². The lowest BCUT2D eigenvalue weighted by Crippen LogP contribution is -2.43. The molecule has 0 bridgehead atoms. The summed E-state index contributed by atoms with van der Waals surface area (Å²) >= 11 is 5.37. The molecule has 0 aliphatic carbocycles. The van der Waals surface area contributed by atoms with Gasteiger partial charge in [0.2, 0.25) is 0 Å². The molecule has 0 fully saturated rings. The maximum absolute atomic E-state index is 11.3. The number of rotatable bonds is 1. The van der Waals surface area contributed by atoms with Crippen LogP contribution in [0.3, 0.4) is 0 Å². The number of carbonyl (C=O) groups excluding carboxylic acids is 1. The van der Waals surface area contributed by atoms with Crippen molar-refractivity contribution in [2.45, 2.75) is 19.4 Å². The molecule has 1 unspecified atom stereocenters. The second-order valence-electron chi connectivity index (χ2n) is 3.90. The summed E-state index contributed by atoms with van der Waals surface area (Å²) in [7, 11) is 0. The van der Waals surface area contributed by atoms with Crippen LogP contribution >= 0.6 is 11.6 Å². The molecule has 7 heteroatoms. The van der Waals surface area contributed by atoms with E-state index in [0.717, 1.165) is 10.6 Å². The molecule has 2 N–H and O–H groups in total. The van der Waals surface area contributed by atoms with Gasteiger partial charge in [0, 0.05) is 12.0 Å². The highest BCUT2D eigenvalue weighted by molar-refractivity contribution is 6.66. The van der Waals surface area contributed by atoms with Crippen LogP contribution in [0.25, 0.3) is 0 Å². The molecule has 1 atom stereocenters. The van der Waals surface area contributed by atoms with E-state index >= 15 is 0 Å². The van der Waals surface area contributed by atoms with Crippen LogP contribution in [0.1, 0.15) is 12.5 Å². The normalized spacial score (nSPS) is 16.7. The summed E-state index contributed by atoms with van der Waals surface area (Å²) in [6.07, 6.45) is -0.688. The highest BCUT2D eigenvalue weighted by Crippen LogP contribution is 2.38. The van der Waals surface area contributed by atoms with Crippen molar-refractivity contribution >= 4 is 28.7 Å². The van der Waals surface area contributed by atoms with Gasteiger partial charge < -0.3 is 9.84 Å². The van der Waals surface area contributed by atoms with Crippen LogP contribution in [0.15, 0.2) is 18.2 Å². The number of hydrazine groups is 1. The SMILES string of the molecule is CC1Cc2cccc(N(NC(=O)O)C(=O)Cl)c2O1. The average molecular weight is 271 g/mol. The number of nitrogens with one attached hydrogen (secondary N) is 1. The van der Waals surface area contributed by atoms with Crippen molar-refractivity contribution in [2.75, 3.05) is 5.01 Å². The van der Waals surface area contributed by atoms with E-state index in [1.54, 1.807) is 12.1 Å². The van der Waals surface area contributed by atoms with Crippen molar-refractivity contribution in [3.8, 4) is 5.75 Å². The Morgan fingerprint density at radius 1 is 1.56 bits per heavy atom. The van der Waals surface area contributed by atoms with Gasteiger partial charge >= 0.3 is 11.5 Å². The lowest BCUT2D eigenvalue weighted by atomic mass is 10.1. The fraction of sp³-hybridized carbons (Fsp3) is 0.273. The zero-order valence-electron chi connectivity index (χ0n) is 9.51. The average Bonchev–Trinajstić information content (AvgIpc) is 2.65. The van der Waals surface area contributed by atoms with E-state index in [9.17, 15) is 9.59 Å². The van der Waals surface area contributed by atoms with Crippen molar-refractivity contribution in [1.29, 1.82) is 0 Å². The van der Waals surface area contributed by atoms with E-state index in [1.807, 2.05) is 18.4 Å². The zero-order chi connectivity index (χ0) is 13.3. The molecule has 2 rings (SSSR count). The van der Waals surface area contributed by atoms with Crippen molar-refractivity contribution in [2.24, 2.45) is 0 Å². The second kappa shape index (κ2) is 4.73. The Kier molecular flexibility index (Phi) is 3.29. The van der Waals surface area contributed by atoms with E-state index < -0.39 is 11.5 Å². The Labute approximate surface area is 108 Å². The highest BCUT2D eigenvalue weighted by Gasteiger charge is 2.27. The number of carbonyl (C=O) groups is 2. The molecule has 0 spiro atoms. The first kappa shape index (κ1) is 12.5. The summed E-state index contributed by atoms with van der Waals surface area (Å²) in [6.45, 7) is 1.89. The lowest BCUT2D eigenvalue weighted by molar-refractivity contribution is 0.192. The molecule has 1 aromatic carbocycles. The summed E-state index contributed by atoms with van der Waals surface area (Å²) in [5.41, 5.74) is 3.13. The van der Waals surface area contributed by atoms with E-state index in [1.165, 1.54) is 0 Å². The maximum Gasteiger partial charge on any atom is 0.424 e. The van der Waals surface area contributed by atoms with E-state index in [0.29, 0.717) is 17.9 Å². The van der Waals surface area contributed by atoms with Crippen LogP contribution in [-0.2, 0) is 6.42 Å². The fourth-order valence-corrected chi connectivity index (χ4v) is 2.02. The number of para-hydroxylation sites is 1. The Bertz CT molecular complexity index is 506. The molecule has 96 valence electrons. The number of fused-ring (bicyclic) bond motifs is 1. The number of anilines is 1. The Balaban J connectivity index is 2.40. The number of halogens is 1. The number of hydrogen-bond donors (Lipinski definition) is 2. The van der Waals surface area contributed by atoms with Gasteiger partial charge in [0.15, 0.2) is 0 Å². The molecule has 1 aliphatic heterocycles. The Hall–Kier alpha value is -1.95. The largest absolute Gasteiger partial charge is 0.488 e. The minimum Gasteiger partial charge on any atom is -0.488 e. The zero-order valence-corrected chi connectivity index (χ0v) is 10.3. The number of benzene rings is 1. The van der Waals surface area contributed by atoms with Crippen LogP contribution in [-0.4, -0.2) is 22.7 Å². The predicted octanol–water partition coefficient (Wildman–Crippen LogP) is 2.36. The van der Waals surface area contributed by atoms with Gasteiger partial charge in [-0.25, -0.2) is 15.2 Å². The molecule has 18 heavy (non-hydrogen) atoms. The van der Waals surface area contributed by atoms with Crippen LogP contribution in [0.5, 0.6) is 5.75 Å². The minimum atomic E-state index is -1.38. The number of nitrogens with zero attached hydrogens (tertiary/aromatic N) is 1. The van der Waals surface area contributed by atoms with Crippen LogP contribution < -0.4 is 15.2 Å². The molecule has 1 aliphatic rings. The lowest BCUT2D eigenvalue weighted by Gasteiger charge is -2.20. The summed E-state index contributed by atoms with van der Waals surface area (Å²) in [6, 6.07) is 5.14. The van der Waals surface area contributed by atoms with E-state index in [2.05, 4.69) is 0 Å². The third kappa shape index (κ3) is 2.33. The standard InChI is InChI=1S/C11H11ClN2O4/c1-6-5-7-3-2-4-8(9(7)18-6)14(10(12)15)13-11(16)17/h2-4,6,13H,5H2,1H3,(H,16,17). The Morgan fingerprint density at radius 2 is 2.28 bits per heavy atom. The van der Waals surface area contributed by atoms with Crippen molar-refractivity contribution in [1.82, 2.24) is 5.43 Å². The molecule has 0 radical (unpaired) electrons. The number of carboxylic acid groups (broad SMARTS) is 1. The number of ether oxygens (including phenoxy) is 1. The van der Waals surface area contributed by atoms with Gasteiger partial charge in [0.25, 0.3) is 0 Å². The fourth-order valence-electron chi connectivity index (χ4n) is 1.89. The summed E-state index contributed by atoms with van der Waals surface area (Å²) in [5, 5.41) is 8.48. The van der Waals surface area contributed by atoms with Crippen LogP contribution in [0.2, 0.25) is 0 Å². The van der Waals surface area contributed by atoms with Gasteiger partial charge in [-0.2, -0.15) is 0 Å². The van der Waals surface area contributed by atoms with Crippen LogP contribution in [0, 0.1) is 0 Å². The van der Waals surface area contributed by atoms with Gasteiger partial charge in [-0.3, -0.25) is 4.79 Å². The number of hydrogen-bond acceptors (Lipinski definition) is 3. The first-order valence-corrected chi connectivity index (χ1v) is 5.64. The van der Waals surface area contributed by atoms with E-state index in [-0.39, 0.29) is 6.10 Å². The van der Waals surface area contributed by atoms with Crippen molar-refractivity contribution < 1.29 is 19.4 Å². The first-order chi connectivity index (χ1) is 8.49. The second-order valence-corrected chi connectivity index (χ2v) is 4.23. The van der Waals surface area contributed by atoms with Crippen molar-refractivity contribution in [3.05, 3.63) is 23.8 Å². The van der Waals surface area contributed by atoms with Gasteiger partial charge in [-0.05, 0) is 24.6 Å². The summed E-state index contributed by atoms with van der Waals surface area (Å²) in [5.74, 6) is 0.479. The molecule has 1 heterocycles. The molecular weight excluding hydrogens is 260 g/mol. The first-order valence-electron chi connectivity index (χ1n) is 5.26. The van der Waals surface area contributed by atoms with E-state index in [4.69, 9.17) is 21.4 Å². The van der Waals surface area contributed by atoms with Gasteiger partial charge in [-0.1, -0.05) is 12.1 Å². The topological polar surface area (TPSA) is 78.9 Å². The number of amides is 2. The third-order valence-electron chi connectivity index (χ3n) is 2.53. The third-order valence-corrected chi connectivity index (χ3v) is 2.70. The molecule has 2 amide bonds. The molecule has 1 aromatic rings. The van der Waals surface area contributed by atoms with Gasteiger partial charge in [-0.15, -0.1) is 0 Å². The quantitative estimate of drug-likeness (QED) is 0.466. The summed E-state index contributed by atoms with van der Waals surface area (Å²) < 4.78 is 5.57. The molecule has 6 nitrogen and oxygen atoms in total. The molecule has 0 saturated carbocycles. The molecule has 0 aromatic heterocycles. The molecular formula is C11H11ClN2O4. The predicted molar refractivity (Wildman–Crippen MR) is 65.1 cm³/mol. The van der Waals surface area contributed by atoms with Gasteiger partial charge in [0.05, 0.1) is 0 Å². The summed E-state index contributed by atoms with van der Waals surface area (Å²) in [4.78, 5) is 21.9. The maximum atomic E-state index is 11.3. The Morgan fingerprint density at radius 3 is 2.89 bits per heavy atom.